The van der Waals surface area contributed by atoms with Gasteiger partial charge in [-0.2, -0.15) is 4.98 Å². The van der Waals surface area contributed by atoms with Crippen LogP contribution < -0.4 is 28.4 Å². The van der Waals surface area contributed by atoms with Gasteiger partial charge in [-0.25, -0.2) is 4.79 Å². The van der Waals surface area contributed by atoms with E-state index in [-0.39, 0.29) is 12.4 Å². The number of ether oxygens (including phenoxy) is 1. The van der Waals surface area contributed by atoms with Crippen LogP contribution in [0.1, 0.15) is 26.3 Å². The number of nitrogens with two attached hydrogens (primary N) is 1. The predicted molar refractivity (Wildman–Crippen MR) is 95.4 cm³/mol. The van der Waals surface area contributed by atoms with Crippen LogP contribution in [0.2, 0.25) is 0 Å². The van der Waals surface area contributed by atoms with Crippen molar-refractivity contribution in [1.29, 1.82) is 0 Å². The molecule has 0 atom stereocenters. The van der Waals surface area contributed by atoms with Crippen molar-refractivity contribution in [3.05, 3.63) is 48.0 Å². The van der Waals surface area contributed by atoms with Crippen molar-refractivity contribution in [3.8, 4) is 0 Å². The number of halogens is 1. The minimum Gasteiger partial charge on any atom is -1.00 e. The van der Waals surface area contributed by atoms with Gasteiger partial charge >= 0.3 is 6.09 Å². The van der Waals surface area contributed by atoms with E-state index in [1.54, 1.807) is 6.92 Å². The van der Waals surface area contributed by atoms with Crippen molar-refractivity contribution < 1.29 is 27.3 Å². The Hall–Kier alpha value is -2.31. The van der Waals surface area contributed by atoms with Gasteiger partial charge < -0.3 is 22.5 Å². The fraction of sp³-hybridized carbons (Fsp3) is 0.333. The third-order valence-electron chi connectivity index (χ3n) is 3.24. The van der Waals surface area contributed by atoms with Gasteiger partial charge in [-0.1, -0.05) is 30.3 Å². The Balaban J connectivity index is 0.00000312. The SMILES string of the molecule is CCOC(=O)Nc1ccc(NCc2ccccc2)nc1[NH2+]C(C)C.[Cl-]. The normalized spacial score (nSPS) is 10.1. The van der Waals surface area contributed by atoms with Gasteiger partial charge in [0.25, 0.3) is 5.82 Å². The van der Waals surface area contributed by atoms with Crippen molar-refractivity contribution in [2.75, 3.05) is 17.2 Å². The van der Waals surface area contributed by atoms with Crippen LogP contribution in [0.4, 0.5) is 22.1 Å². The summed E-state index contributed by atoms with van der Waals surface area (Å²) >= 11 is 0. The number of benzene rings is 1. The molecule has 4 N–H and O–H groups in total. The number of amides is 1. The van der Waals surface area contributed by atoms with Crippen LogP contribution >= 0.6 is 0 Å². The first-order chi connectivity index (χ1) is 11.6. The molecule has 1 heterocycles. The second kappa shape index (κ2) is 10.5. The lowest BCUT2D eigenvalue weighted by atomic mass is 10.2. The molecule has 2 rings (SSSR count). The van der Waals surface area contributed by atoms with E-state index >= 15 is 0 Å². The number of pyridine rings is 1. The summed E-state index contributed by atoms with van der Waals surface area (Å²) < 4.78 is 4.93. The lowest BCUT2D eigenvalue weighted by molar-refractivity contribution is -0.605. The summed E-state index contributed by atoms with van der Waals surface area (Å²) in [4.78, 5) is 16.3. The molecule has 0 saturated heterocycles. The Bertz CT molecular complexity index is 665. The Morgan fingerprint density at radius 2 is 1.92 bits per heavy atom. The molecular weight excluding hydrogens is 340 g/mol. The maximum absolute atomic E-state index is 11.7. The summed E-state index contributed by atoms with van der Waals surface area (Å²) in [5, 5.41) is 8.05. The molecule has 1 aromatic carbocycles. The maximum Gasteiger partial charge on any atom is 0.411 e. The monoisotopic (exact) mass is 364 g/mol. The minimum absolute atomic E-state index is 0. The van der Waals surface area contributed by atoms with Crippen LogP contribution in [-0.2, 0) is 11.3 Å². The number of hydrogen-bond acceptors (Lipinski definition) is 4. The summed E-state index contributed by atoms with van der Waals surface area (Å²) in [6.07, 6.45) is -0.470. The zero-order valence-corrected chi connectivity index (χ0v) is 15.5. The predicted octanol–water partition coefficient (Wildman–Crippen LogP) is -0.131. The van der Waals surface area contributed by atoms with E-state index in [2.05, 4.69) is 41.6 Å². The number of hydrogen-bond donors (Lipinski definition) is 3. The molecule has 1 amide bonds. The summed E-state index contributed by atoms with van der Waals surface area (Å²) in [5.41, 5.74) is 1.83. The van der Waals surface area contributed by atoms with E-state index < -0.39 is 6.09 Å². The number of carbonyl (C=O) groups is 1. The summed E-state index contributed by atoms with van der Waals surface area (Å²) in [6, 6.07) is 14.1. The Morgan fingerprint density at radius 1 is 1.20 bits per heavy atom. The summed E-state index contributed by atoms with van der Waals surface area (Å²) in [7, 11) is 0. The molecule has 6 nitrogen and oxygen atoms in total. The van der Waals surface area contributed by atoms with E-state index in [4.69, 9.17) is 4.74 Å². The smallest absolute Gasteiger partial charge is 0.411 e. The first-order valence-corrected chi connectivity index (χ1v) is 8.16. The molecule has 136 valence electrons. The number of quaternary nitrogens is 1. The number of nitrogens with one attached hydrogen (secondary N) is 2. The Morgan fingerprint density at radius 3 is 2.56 bits per heavy atom. The minimum atomic E-state index is -0.470. The third-order valence-corrected chi connectivity index (χ3v) is 3.24. The van der Waals surface area contributed by atoms with Crippen molar-refractivity contribution >= 4 is 23.4 Å². The standard InChI is InChI=1S/C18H24N4O2.ClH/c1-4-24-18(23)21-15-10-11-16(22-17(15)20-13(2)3)19-12-14-8-6-5-7-9-14;/h5-11,13H,4,12H2,1-3H3,(H,21,23)(H2,19,20,22);1H. The fourth-order valence-corrected chi connectivity index (χ4v) is 2.19. The van der Waals surface area contributed by atoms with Gasteiger partial charge in [0.05, 0.1) is 12.6 Å². The molecule has 25 heavy (non-hydrogen) atoms. The molecule has 1 aromatic heterocycles. The Kier molecular flexibility index (Phi) is 8.74. The number of carbonyl (C=O) groups excluding carboxylic acids is 1. The van der Waals surface area contributed by atoms with Crippen LogP contribution in [0.15, 0.2) is 42.5 Å². The number of rotatable bonds is 7. The van der Waals surface area contributed by atoms with Crippen LogP contribution in [0, 0.1) is 0 Å². The third kappa shape index (κ3) is 6.99. The Labute approximate surface area is 154 Å². The van der Waals surface area contributed by atoms with Gasteiger partial charge in [-0.15, -0.1) is 0 Å². The highest BCUT2D eigenvalue weighted by atomic mass is 35.5. The van der Waals surface area contributed by atoms with Crippen LogP contribution in [0.3, 0.4) is 0 Å². The molecule has 0 radical (unpaired) electrons. The van der Waals surface area contributed by atoms with Gasteiger partial charge in [0.1, 0.15) is 11.5 Å². The lowest BCUT2D eigenvalue weighted by Crippen LogP contribution is -3.00. The fourth-order valence-electron chi connectivity index (χ4n) is 2.19. The van der Waals surface area contributed by atoms with Gasteiger partial charge in [-0.3, -0.25) is 10.6 Å². The second-order valence-corrected chi connectivity index (χ2v) is 5.72. The zero-order chi connectivity index (χ0) is 17.4. The topological polar surface area (TPSA) is 79.9 Å². The molecule has 0 aliphatic heterocycles. The molecule has 0 fully saturated rings. The molecule has 0 aliphatic rings. The maximum atomic E-state index is 11.7. The van der Waals surface area contributed by atoms with Crippen molar-refractivity contribution in [2.45, 2.75) is 33.4 Å². The van der Waals surface area contributed by atoms with Crippen LogP contribution in [0.5, 0.6) is 0 Å². The first-order valence-electron chi connectivity index (χ1n) is 8.16. The highest BCUT2D eigenvalue weighted by molar-refractivity contribution is 5.87. The van der Waals surface area contributed by atoms with E-state index in [9.17, 15) is 4.79 Å². The quantitative estimate of drug-likeness (QED) is 0.639. The van der Waals surface area contributed by atoms with Gasteiger partial charge in [0, 0.05) is 6.54 Å². The molecule has 0 unspecified atom stereocenters. The molecule has 7 heteroatoms. The van der Waals surface area contributed by atoms with Crippen molar-refractivity contribution in [3.63, 3.8) is 0 Å². The summed E-state index contributed by atoms with van der Waals surface area (Å²) in [5.74, 6) is 1.50. The second-order valence-electron chi connectivity index (χ2n) is 5.72. The number of anilines is 2. The number of aromatic nitrogens is 1. The van der Waals surface area contributed by atoms with Gasteiger partial charge in [0.2, 0.25) is 0 Å². The number of nitrogens with zero attached hydrogens (tertiary/aromatic N) is 1. The molecule has 0 bridgehead atoms. The average molecular weight is 365 g/mol. The van der Waals surface area contributed by atoms with E-state index in [0.29, 0.717) is 24.9 Å². The van der Waals surface area contributed by atoms with Gasteiger partial charge in [0.15, 0.2) is 0 Å². The summed E-state index contributed by atoms with van der Waals surface area (Å²) in [6.45, 7) is 6.94. The highest BCUT2D eigenvalue weighted by Crippen LogP contribution is 2.19. The van der Waals surface area contributed by atoms with E-state index in [1.807, 2.05) is 35.6 Å². The van der Waals surface area contributed by atoms with Crippen LogP contribution in [0.25, 0.3) is 0 Å². The largest absolute Gasteiger partial charge is 1.00 e. The molecule has 0 aliphatic carbocycles. The molecule has 2 aromatic rings. The zero-order valence-electron chi connectivity index (χ0n) is 14.8. The molecular formula is C18H25ClN4O2. The first kappa shape index (κ1) is 20.7. The molecule has 0 saturated carbocycles. The van der Waals surface area contributed by atoms with E-state index in [0.717, 1.165) is 11.6 Å². The van der Waals surface area contributed by atoms with Gasteiger partial charge in [-0.05, 0) is 38.5 Å². The van der Waals surface area contributed by atoms with Crippen molar-refractivity contribution in [2.24, 2.45) is 0 Å². The molecule has 0 spiro atoms. The van der Waals surface area contributed by atoms with Crippen LogP contribution in [-0.4, -0.2) is 23.7 Å². The highest BCUT2D eigenvalue weighted by Gasteiger charge is 2.14. The average Bonchev–Trinajstić information content (AvgIpc) is 2.56. The van der Waals surface area contributed by atoms with E-state index in [1.165, 1.54) is 5.56 Å². The van der Waals surface area contributed by atoms with Crippen molar-refractivity contribution in [1.82, 2.24) is 4.98 Å². The lowest BCUT2D eigenvalue weighted by Gasteiger charge is -2.12.